The van der Waals surface area contributed by atoms with Crippen LogP contribution in [-0.2, 0) is 16.2 Å². The number of amides is 3. The third-order valence-electron chi connectivity index (χ3n) is 6.50. The van der Waals surface area contributed by atoms with Gasteiger partial charge in [0.05, 0.1) is 30.8 Å². The lowest BCUT2D eigenvalue weighted by Gasteiger charge is -2.22. The highest BCUT2D eigenvalue weighted by Crippen LogP contribution is 2.36. The molecule has 1 aromatic heterocycles. The maximum atomic E-state index is 12.8. The van der Waals surface area contributed by atoms with E-state index >= 15 is 0 Å². The van der Waals surface area contributed by atoms with Crippen LogP contribution in [0.4, 0.5) is 23.7 Å². The zero-order chi connectivity index (χ0) is 32.1. The number of anilines is 1. The predicted molar refractivity (Wildman–Crippen MR) is 161 cm³/mol. The van der Waals surface area contributed by atoms with Crippen LogP contribution < -0.4 is 19.9 Å². The van der Waals surface area contributed by atoms with Crippen LogP contribution in [0.15, 0.2) is 78.0 Å². The van der Waals surface area contributed by atoms with Gasteiger partial charge in [-0.05, 0) is 47.4 Å². The fourth-order valence-electron chi connectivity index (χ4n) is 4.38. The van der Waals surface area contributed by atoms with Gasteiger partial charge in [-0.25, -0.2) is 19.9 Å². The number of urea groups is 1. The van der Waals surface area contributed by atoms with Crippen LogP contribution in [0, 0.1) is 0 Å². The third kappa shape index (κ3) is 7.80. The number of alkyl halides is 3. The molecule has 11 nitrogen and oxygen atoms in total. The molecule has 0 bridgehead atoms. The molecular formula is C30H27F3N6O5S. The Morgan fingerprint density at radius 2 is 1.78 bits per heavy atom. The van der Waals surface area contributed by atoms with Crippen molar-refractivity contribution in [1.29, 1.82) is 0 Å². The van der Waals surface area contributed by atoms with Crippen molar-refractivity contribution in [2.75, 3.05) is 17.8 Å². The molecule has 5 rings (SSSR count). The molecule has 0 unspecified atom stereocenters. The zero-order valence-electron chi connectivity index (χ0n) is 24.2. The van der Waals surface area contributed by atoms with E-state index < -0.39 is 12.4 Å². The quantitative estimate of drug-likeness (QED) is 0.214. The molecule has 45 heavy (non-hydrogen) atoms. The number of nitrogens with zero attached hydrogens (tertiary/aromatic N) is 5. The molecular weight excluding hydrogens is 613 g/mol. The summed E-state index contributed by atoms with van der Waals surface area (Å²) in [4.78, 5) is 40.5. The van der Waals surface area contributed by atoms with Crippen molar-refractivity contribution in [1.82, 2.24) is 20.2 Å². The van der Waals surface area contributed by atoms with Crippen molar-refractivity contribution in [2.45, 2.75) is 32.7 Å². The third-order valence-corrected chi connectivity index (χ3v) is 7.42. The lowest BCUT2D eigenvalue weighted by Crippen LogP contribution is -2.32. The minimum absolute atomic E-state index is 0.0360. The van der Waals surface area contributed by atoms with Crippen molar-refractivity contribution < 1.29 is 37.1 Å². The van der Waals surface area contributed by atoms with Crippen LogP contribution in [-0.4, -0.2) is 51.1 Å². The van der Waals surface area contributed by atoms with Gasteiger partial charge in [0.15, 0.2) is 11.0 Å². The molecule has 1 N–H and O–H groups in total. The number of aliphatic imine (C=N–C) groups is 1. The number of ether oxygens (including phenoxy) is 2. The summed E-state index contributed by atoms with van der Waals surface area (Å²) in [6, 6.07) is 17.0. The molecule has 1 fully saturated rings. The number of hydrogen-bond donors (Lipinski definition) is 1. The van der Waals surface area contributed by atoms with Gasteiger partial charge in [-0.2, -0.15) is 4.99 Å². The van der Waals surface area contributed by atoms with Crippen LogP contribution in [0.1, 0.15) is 30.9 Å². The number of hydroxylamine groups is 1. The number of rotatable bonds is 9. The van der Waals surface area contributed by atoms with Gasteiger partial charge in [-0.3, -0.25) is 14.5 Å². The molecule has 3 amide bonds. The molecule has 2 heterocycles. The van der Waals surface area contributed by atoms with E-state index in [0.29, 0.717) is 28.5 Å². The second kappa shape index (κ2) is 13.4. The van der Waals surface area contributed by atoms with Gasteiger partial charge >= 0.3 is 12.4 Å². The van der Waals surface area contributed by atoms with E-state index in [1.54, 1.807) is 37.4 Å². The van der Waals surface area contributed by atoms with Gasteiger partial charge in [-0.15, -0.1) is 18.3 Å². The SMILES string of the molecule is COc1ccc(C(C)C)c(N2C(=O)CS/C2=N\C(=O)NOCc2ccc(-c3ncn(-c4ccc(OC(F)(F)F)cc4)n3)cc2)c1. The van der Waals surface area contributed by atoms with Crippen molar-refractivity contribution in [3.05, 3.63) is 84.2 Å². The average Bonchev–Trinajstić information content (AvgIpc) is 3.64. The molecule has 1 aliphatic rings. The van der Waals surface area contributed by atoms with E-state index in [2.05, 4.69) is 25.3 Å². The van der Waals surface area contributed by atoms with Crippen LogP contribution >= 0.6 is 11.8 Å². The summed E-state index contributed by atoms with van der Waals surface area (Å²) in [7, 11) is 1.54. The number of carbonyl (C=O) groups is 2. The normalized spacial score (nSPS) is 14.3. The zero-order valence-corrected chi connectivity index (χ0v) is 25.1. The Bertz CT molecular complexity index is 1710. The summed E-state index contributed by atoms with van der Waals surface area (Å²) in [5, 5.41) is 4.61. The van der Waals surface area contributed by atoms with E-state index in [1.165, 1.54) is 40.2 Å². The molecule has 0 saturated carbocycles. The summed E-state index contributed by atoms with van der Waals surface area (Å²) < 4.78 is 47.8. The van der Waals surface area contributed by atoms with Crippen LogP contribution in [0.5, 0.6) is 11.5 Å². The van der Waals surface area contributed by atoms with Gasteiger partial charge in [0, 0.05) is 11.6 Å². The standard InChI is InChI=1S/C30H27F3N6O5S/c1-18(2)24-13-12-23(42-3)14-25(24)39-26(40)16-45-29(39)35-28(41)37-43-15-19-4-6-20(7-5-19)27-34-17-38(36-27)21-8-10-22(11-9-21)44-30(31,32)33/h4-14,17-18H,15-16H2,1-3H3,(H,37,41)/b35-29-. The predicted octanol–water partition coefficient (Wildman–Crippen LogP) is 6.24. The molecule has 1 aliphatic heterocycles. The second-order valence-electron chi connectivity index (χ2n) is 9.94. The minimum Gasteiger partial charge on any atom is -0.497 e. The van der Waals surface area contributed by atoms with Gasteiger partial charge in [0.1, 0.15) is 17.8 Å². The molecule has 3 aromatic carbocycles. The highest BCUT2D eigenvalue weighted by Gasteiger charge is 2.33. The summed E-state index contributed by atoms with van der Waals surface area (Å²) in [6.45, 7) is 4.05. The minimum atomic E-state index is -4.77. The van der Waals surface area contributed by atoms with Crippen molar-refractivity contribution in [2.24, 2.45) is 4.99 Å². The molecule has 0 aliphatic carbocycles. The first-order valence-electron chi connectivity index (χ1n) is 13.5. The number of hydrogen-bond acceptors (Lipinski definition) is 8. The summed E-state index contributed by atoms with van der Waals surface area (Å²) in [5.74, 6) is 0.695. The lowest BCUT2D eigenvalue weighted by molar-refractivity contribution is -0.274. The van der Waals surface area contributed by atoms with Crippen LogP contribution in [0.2, 0.25) is 0 Å². The Labute approximate surface area is 260 Å². The number of methoxy groups -OCH3 is 1. The number of halogens is 3. The van der Waals surface area contributed by atoms with Gasteiger partial charge in [-0.1, -0.05) is 55.9 Å². The van der Waals surface area contributed by atoms with Crippen molar-refractivity contribution in [3.8, 4) is 28.6 Å². The maximum absolute atomic E-state index is 12.8. The van der Waals surface area contributed by atoms with Crippen LogP contribution in [0.3, 0.4) is 0 Å². The Hall–Kier alpha value is -4.89. The van der Waals surface area contributed by atoms with E-state index in [0.717, 1.165) is 22.9 Å². The van der Waals surface area contributed by atoms with E-state index in [4.69, 9.17) is 9.57 Å². The van der Waals surface area contributed by atoms with Crippen molar-refractivity contribution >= 4 is 34.6 Å². The van der Waals surface area contributed by atoms with E-state index in [-0.39, 0.29) is 35.1 Å². The first kappa shape index (κ1) is 31.5. The molecule has 1 saturated heterocycles. The first-order valence-corrected chi connectivity index (χ1v) is 14.5. The molecule has 0 atom stereocenters. The second-order valence-corrected chi connectivity index (χ2v) is 10.9. The van der Waals surface area contributed by atoms with Crippen molar-refractivity contribution in [3.63, 3.8) is 0 Å². The largest absolute Gasteiger partial charge is 0.573 e. The summed E-state index contributed by atoms with van der Waals surface area (Å²) in [5.41, 5.74) is 5.73. The number of nitrogens with one attached hydrogen (secondary N) is 1. The molecule has 0 radical (unpaired) electrons. The Kier molecular flexibility index (Phi) is 9.39. The lowest BCUT2D eigenvalue weighted by atomic mass is 10.00. The average molecular weight is 641 g/mol. The number of aromatic nitrogens is 3. The van der Waals surface area contributed by atoms with Gasteiger partial charge in [0.25, 0.3) is 0 Å². The Balaban J connectivity index is 1.18. The highest BCUT2D eigenvalue weighted by atomic mass is 32.2. The highest BCUT2D eigenvalue weighted by molar-refractivity contribution is 8.15. The first-order chi connectivity index (χ1) is 21.5. The summed E-state index contributed by atoms with van der Waals surface area (Å²) >= 11 is 1.16. The van der Waals surface area contributed by atoms with E-state index in [1.807, 2.05) is 26.0 Å². The maximum Gasteiger partial charge on any atom is 0.573 e. The van der Waals surface area contributed by atoms with Gasteiger partial charge < -0.3 is 9.47 Å². The fraction of sp³-hybridized carbons (Fsp3) is 0.233. The Morgan fingerprint density at radius 1 is 1.07 bits per heavy atom. The van der Waals surface area contributed by atoms with Crippen LogP contribution in [0.25, 0.3) is 17.1 Å². The monoisotopic (exact) mass is 640 g/mol. The smallest absolute Gasteiger partial charge is 0.497 e. The summed E-state index contributed by atoms with van der Waals surface area (Å²) in [6.07, 6.45) is -3.33. The fourth-order valence-corrected chi connectivity index (χ4v) is 5.23. The molecule has 4 aromatic rings. The number of carbonyl (C=O) groups excluding carboxylic acids is 2. The molecule has 15 heteroatoms. The topological polar surface area (TPSA) is 120 Å². The number of amidine groups is 1. The molecule has 234 valence electrons. The van der Waals surface area contributed by atoms with Gasteiger partial charge in [0.2, 0.25) is 5.91 Å². The Morgan fingerprint density at radius 3 is 2.44 bits per heavy atom. The molecule has 0 spiro atoms. The van der Waals surface area contributed by atoms with E-state index in [9.17, 15) is 22.8 Å². The number of benzene rings is 3. The number of thioether (sulfide) groups is 1.